The number of benzene rings is 1. The third-order valence-corrected chi connectivity index (χ3v) is 1.29. The maximum Gasteiger partial charge on any atom is 1.00 e. The van der Waals surface area contributed by atoms with Crippen molar-refractivity contribution in [1.29, 1.82) is 0 Å². The molecular weight excluding hydrogens is 193 g/mol. The van der Waals surface area contributed by atoms with E-state index in [2.05, 4.69) is 0 Å². The summed E-state index contributed by atoms with van der Waals surface area (Å²) >= 11 is 0. The third kappa shape index (κ3) is 3.49. The molecule has 2 N–H and O–H groups in total. The number of rotatable bonds is 1. The van der Waals surface area contributed by atoms with Gasteiger partial charge in [0.2, 0.25) is 0 Å². The van der Waals surface area contributed by atoms with Crippen LogP contribution in [0.3, 0.4) is 0 Å². The summed E-state index contributed by atoms with van der Waals surface area (Å²) in [6.45, 7) is -4.90. The van der Waals surface area contributed by atoms with Gasteiger partial charge in [-0.05, 0) is 6.07 Å². The van der Waals surface area contributed by atoms with Gasteiger partial charge >= 0.3 is 58.4 Å². The van der Waals surface area contributed by atoms with Crippen molar-refractivity contribution < 1.29 is 64.3 Å². The van der Waals surface area contributed by atoms with Gasteiger partial charge in [0.15, 0.2) is 0 Å². The molecule has 0 saturated heterocycles. The Morgan fingerprint density at radius 1 is 1.17 bits per heavy atom. The van der Waals surface area contributed by atoms with Crippen molar-refractivity contribution >= 4 is 18.1 Å². The molecule has 0 bridgehead atoms. The average molecular weight is 199 g/mol. The molecule has 0 amide bonds. The first-order chi connectivity index (χ1) is 5.00. The zero-order chi connectivity index (χ0) is 8.48. The Bertz CT molecular complexity index is 263. The van der Waals surface area contributed by atoms with Crippen molar-refractivity contribution in [2.45, 2.75) is 0 Å². The first-order valence-electron chi connectivity index (χ1n) is 3.05. The standard InChI is InChI=1S/C6H6BF3N.K/c8-7(9,10)5-2-1-3-6(11)4-5;/h1-4H,11H2;/q-1;+1. The number of hydrogen-bond donors (Lipinski definition) is 1. The molecular formula is C6H6BF3KN. The third-order valence-electron chi connectivity index (χ3n) is 1.29. The molecule has 1 aromatic rings. The van der Waals surface area contributed by atoms with Crippen LogP contribution in [0.4, 0.5) is 18.6 Å². The largest absolute Gasteiger partial charge is 1.00 e. The molecule has 1 nitrogen and oxygen atoms in total. The minimum Gasteiger partial charge on any atom is -0.445 e. The van der Waals surface area contributed by atoms with Crippen LogP contribution in [-0.2, 0) is 0 Å². The molecule has 0 aliphatic rings. The Kier molecular flexibility index (Phi) is 4.86. The molecule has 0 spiro atoms. The van der Waals surface area contributed by atoms with Crippen molar-refractivity contribution in [2.75, 3.05) is 5.73 Å². The average Bonchev–Trinajstić information content (AvgIpc) is 1.86. The van der Waals surface area contributed by atoms with E-state index < -0.39 is 12.4 Å². The Hall–Kier alpha value is 0.511. The van der Waals surface area contributed by atoms with Gasteiger partial charge in [-0.3, -0.25) is 0 Å². The van der Waals surface area contributed by atoms with Gasteiger partial charge in [-0.1, -0.05) is 18.2 Å². The molecule has 6 heteroatoms. The number of anilines is 1. The van der Waals surface area contributed by atoms with Gasteiger partial charge in [0, 0.05) is 5.69 Å². The monoisotopic (exact) mass is 199 g/mol. The topological polar surface area (TPSA) is 26.0 Å². The molecule has 0 atom stereocenters. The second kappa shape index (κ2) is 4.67. The molecule has 60 valence electrons. The Morgan fingerprint density at radius 2 is 1.75 bits per heavy atom. The first kappa shape index (κ1) is 12.5. The van der Waals surface area contributed by atoms with E-state index in [1.165, 1.54) is 12.1 Å². The fraction of sp³-hybridized carbons (Fsp3) is 0. The molecule has 0 unspecified atom stereocenters. The molecule has 0 fully saturated rings. The summed E-state index contributed by atoms with van der Waals surface area (Å²) in [4.78, 5) is 0. The Balaban J connectivity index is 0.00000121. The van der Waals surface area contributed by atoms with Crippen LogP contribution < -0.4 is 62.6 Å². The van der Waals surface area contributed by atoms with E-state index in [1.807, 2.05) is 0 Å². The summed E-state index contributed by atoms with van der Waals surface area (Å²) in [5.74, 6) is 0. The zero-order valence-electron chi connectivity index (χ0n) is 6.60. The van der Waals surface area contributed by atoms with Gasteiger partial charge < -0.3 is 18.7 Å². The van der Waals surface area contributed by atoms with Gasteiger partial charge in [0.05, 0.1) is 0 Å². The molecule has 12 heavy (non-hydrogen) atoms. The van der Waals surface area contributed by atoms with Crippen LogP contribution in [0.2, 0.25) is 0 Å². The summed E-state index contributed by atoms with van der Waals surface area (Å²) in [5, 5.41) is 0. The van der Waals surface area contributed by atoms with Crippen LogP contribution in [0.15, 0.2) is 24.3 Å². The van der Waals surface area contributed by atoms with Crippen LogP contribution in [0.1, 0.15) is 0 Å². The SMILES string of the molecule is Nc1cccc([B-](F)(F)F)c1.[K+]. The van der Waals surface area contributed by atoms with Crippen LogP contribution in [0.5, 0.6) is 0 Å². The summed E-state index contributed by atoms with van der Waals surface area (Å²) in [6, 6.07) is 4.65. The normalized spacial score (nSPS) is 10.6. The van der Waals surface area contributed by atoms with Crippen molar-refractivity contribution in [3.05, 3.63) is 24.3 Å². The summed E-state index contributed by atoms with van der Waals surface area (Å²) in [5.41, 5.74) is 4.66. The molecule has 0 aliphatic carbocycles. The molecule has 0 aromatic heterocycles. The van der Waals surface area contributed by atoms with E-state index in [0.717, 1.165) is 12.1 Å². The van der Waals surface area contributed by atoms with Gasteiger partial charge in [0.25, 0.3) is 0 Å². The van der Waals surface area contributed by atoms with Gasteiger partial charge in [-0.15, -0.1) is 5.46 Å². The van der Waals surface area contributed by atoms with Crippen LogP contribution >= 0.6 is 0 Å². The predicted molar refractivity (Wildman–Crippen MR) is 39.6 cm³/mol. The van der Waals surface area contributed by atoms with E-state index in [9.17, 15) is 12.9 Å². The smallest absolute Gasteiger partial charge is 0.445 e. The number of halogens is 3. The molecule has 1 aromatic carbocycles. The van der Waals surface area contributed by atoms with E-state index in [0.29, 0.717) is 0 Å². The molecule has 0 heterocycles. The van der Waals surface area contributed by atoms with Gasteiger partial charge in [-0.25, -0.2) is 0 Å². The van der Waals surface area contributed by atoms with E-state index in [-0.39, 0.29) is 57.1 Å². The molecule has 0 radical (unpaired) electrons. The Morgan fingerprint density at radius 3 is 2.08 bits per heavy atom. The van der Waals surface area contributed by atoms with Crippen molar-refractivity contribution in [3.8, 4) is 0 Å². The van der Waals surface area contributed by atoms with E-state index in [1.54, 1.807) is 0 Å². The van der Waals surface area contributed by atoms with Crippen molar-refractivity contribution in [2.24, 2.45) is 0 Å². The molecule has 0 aliphatic heterocycles. The second-order valence-corrected chi connectivity index (χ2v) is 2.24. The zero-order valence-corrected chi connectivity index (χ0v) is 9.72. The maximum absolute atomic E-state index is 12.0. The molecule has 0 saturated carbocycles. The minimum atomic E-state index is -4.90. The van der Waals surface area contributed by atoms with E-state index >= 15 is 0 Å². The van der Waals surface area contributed by atoms with Gasteiger partial charge in [-0.2, -0.15) is 0 Å². The van der Waals surface area contributed by atoms with Crippen molar-refractivity contribution in [1.82, 2.24) is 0 Å². The second-order valence-electron chi connectivity index (χ2n) is 2.24. The van der Waals surface area contributed by atoms with Gasteiger partial charge in [0.1, 0.15) is 0 Å². The fourth-order valence-corrected chi connectivity index (χ4v) is 0.763. The first-order valence-corrected chi connectivity index (χ1v) is 3.05. The predicted octanol–water partition coefficient (Wildman–Crippen LogP) is -1.67. The Labute approximate surface area is 111 Å². The number of nitrogens with two attached hydrogens (primary N) is 1. The van der Waals surface area contributed by atoms with Crippen LogP contribution in [-0.4, -0.2) is 6.98 Å². The quantitative estimate of drug-likeness (QED) is 0.424. The summed E-state index contributed by atoms with van der Waals surface area (Å²) < 4.78 is 35.9. The number of nitrogen functional groups attached to an aromatic ring is 1. The fourth-order valence-electron chi connectivity index (χ4n) is 0.763. The number of hydrogen-bond acceptors (Lipinski definition) is 1. The minimum absolute atomic E-state index is 0. The van der Waals surface area contributed by atoms with E-state index in [4.69, 9.17) is 5.73 Å². The molecule has 1 rings (SSSR count). The summed E-state index contributed by atoms with van der Waals surface area (Å²) in [6.07, 6.45) is 0. The van der Waals surface area contributed by atoms with Crippen LogP contribution in [0, 0.1) is 0 Å². The summed E-state index contributed by atoms with van der Waals surface area (Å²) in [7, 11) is 0. The van der Waals surface area contributed by atoms with Crippen LogP contribution in [0.25, 0.3) is 0 Å². The maximum atomic E-state index is 12.0. The van der Waals surface area contributed by atoms with Crippen molar-refractivity contribution in [3.63, 3.8) is 0 Å².